The van der Waals surface area contributed by atoms with Crippen LogP contribution in [0.1, 0.15) is 30.7 Å². The molecule has 18 heavy (non-hydrogen) atoms. The lowest BCUT2D eigenvalue weighted by Gasteiger charge is -2.16. The smallest absolute Gasteiger partial charge is 0.303 e. The Morgan fingerprint density at radius 2 is 2.22 bits per heavy atom. The number of carboxylic acids is 1. The molecule has 0 amide bonds. The first-order valence-electron chi connectivity index (χ1n) is 5.96. The lowest BCUT2D eigenvalue weighted by atomic mass is 9.90. The molecule has 96 valence electrons. The third kappa shape index (κ3) is 2.12. The molecule has 4 nitrogen and oxygen atoms in total. The number of aliphatic carboxylic acids is 1. The van der Waals surface area contributed by atoms with Gasteiger partial charge in [0.2, 0.25) is 6.79 Å². The maximum atomic E-state index is 11.0. The van der Waals surface area contributed by atoms with E-state index in [9.17, 15) is 4.79 Å². The van der Waals surface area contributed by atoms with Crippen LogP contribution in [0.3, 0.4) is 0 Å². The monoisotopic (exact) mass is 268 g/mol. The van der Waals surface area contributed by atoms with Crippen molar-refractivity contribution in [2.24, 2.45) is 5.92 Å². The van der Waals surface area contributed by atoms with E-state index in [4.69, 9.17) is 26.2 Å². The summed E-state index contributed by atoms with van der Waals surface area (Å²) in [5.74, 6) is 0.884. The first-order valence-corrected chi connectivity index (χ1v) is 6.34. The summed E-state index contributed by atoms with van der Waals surface area (Å²) in [7, 11) is 0. The van der Waals surface area contributed by atoms with Gasteiger partial charge in [-0.3, -0.25) is 4.79 Å². The predicted octanol–water partition coefficient (Wildman–Crippen LogP) is 3.04. The lowest BCUT2D eigenvalue weighted by molar-refractivity contribution is -0.137. The van der Waals surface area contributed by atoms with E-state index in [1.165, 1.54) is 0 Å². The number of hydrogen-bond acceptors (Lipinski definition) is 3. The van der Waals surface area contributed by atoms with Crippen molar-refractivity contribution in [1.29, 1.82) is 0 Å². The van der Waals surface area contributed by atoms with Crippen LogP contribution in [0, 0.1) is 5.92 Å². The Morgan fingerprint density at radius 1 is 1.44 bits per heavy atom. The van der Waals surface area contributed by atoms with Crippen molar-refractivity contribution in [2.75, 3.05) is 6.79 Å². The predicted molar refractivity (Wildman–Crippen MR) is 65.3 cm³/mol. The number of carbonyl (C=O) groups is 1. The van der Waals surface area contributed by atoms with Gasteiger partial charge in [-0.2, -0.15) is 0 Å². The second kappa shape index (κ2) is 4.35. The van der Waals surface area contributed by atoms with E-state index in [1.54, 1.807) is 12.1 Å². The second-order valence-corrected chi connectivity index (χ2v) is 5.21. The molecule has 0 bridgehead atoms. The van der Waals surface area contributed by atoms with Gasteiger partial charge in [0.1, 0.15) is 0 Å². The van der Waals surface area contributed by atoms with Crippen LogP contribution in [-0.2, 0) is 4.79 Å². The molecule has 2 aliphatic rings. The number of benzene rings is 1. The fourth-order valence-corrected chi connectivity index (χ4v) is 2.71. The first-order chi connectivity index (χ1) is 8.65. The summed E-state index contributed by atoms with van der Waals surface area (Å²) < 4.78 is 10.8. The van der Waals surface area contributed by atoms with Gasteiger partial charge in [0.15, 0.2) is 11.5 Å². The van der Waals surface area contributed by atoms with Gasteiger partial charge in [-0.25, -0.2) is 0 Å². The first kappa shape index (κ1) is 11.7. The summed E-state index contributed by atoms with van der Waals surface area (Å²) in [6.07, 6.45) is 2.25. The topological polar surface area (TPSA) is 55.8 Å². The molecule has 1 aliphatic carbocycles. The molecular formula is C13H13ClO4. The Bertz CT molecular complexity index is 496. The molecule has 3 rings (SSSR count). The minimum atomic E-state index is -0.792. The van der Waals surface area contributed by atoms with Gasteiger partial charge in [-0.1, -0.05) is 11.6 Å². The third-order valence-electron chi connectivity index (χ3n) is 3.45. The van der Waals surface area contributed by atoms with Gasteiger partial charge in [0.05, 0.1) is 6.42 Å². The highest BCUT2D eigenvalue weighted by atomic mass is 35.5. The fraction of sp³-hybridized carbons (Fsp3) is 0.462. The zero-order valence-corrected chi connectivity index (χ0v) is 10.4. The Morgan fingerprint density at radius 3 is 2.89 bits per heavy atom. The Kier molecular flexibility index (Phi) is 2.82. The zero-order valence-electron chi connectivity index (χ0n) is 9.69. The van der Waals surface area contributed by atoms with Crippen LogP contribution >= 0.6 is 11.6 Å². The molecule has 1 fully saturated rings. The minimum Gasteiger partial charge on any atom is -0.481 e. The number of hydrogen-bond donors (Lipinski definition) is 1. The van der Waals surface area contributed by atoms with Crippen molar-refractivity contribution in [2.45, 2.75) is 25.2 Å². The van der Waals surface area contributed by atoms with E-state index >= 15 is 0 Å². The van der Waals surface area contributed by atoms with Crippen molar-refractivity contribution < 1.29 is 19.4 Å². The van der Waals surface area contributed by atoms with Gasteiger partial charge in [-0.15, -0.1) is 0 Å². The number of carboxylic acid groups (broad SMARTS) is 1. The van der Waals surface area contributed by atoms with E-state index in [1.807, 2.05) is 0 Å². The van der Waals surface area contributed by atoms with Crippen molar-refractivity contribution >= 4 is 17.6 Å². The highest BCUT2D eigenvalue weighted by Gasteiger charge is 2.37. The van der Waals surface area contributed by atoms with Crippen LogP contribution in [0.15, 0.2) is 12.1 Å². The van der Waals surface area contributed by atoms with Crippen molar-refractivity contribution in [3.05, 3.63) is 22.7 Å². The van der Waals surface area contributed by atoms with Crippen LogP contribution in [0.2, 0.25) is 5.02 Å². The minimum absolute atomic E-state index is 0.0309. The molecule has 1 saturated carbocycles. The highest BCUT2D eigenvalue weighted by molar-refractivity contribution is 6.30. The molecule has 1 N–H and O–H groups in total. The number of rotatable bonds is 4. The van der Waals surface area contributed by atoms with Crippen LogP contribution < -0.4 is 9.47 Å². The van der Waals surface area contributed by atoms with Crippen LogP contribution in [0.25, 0.3) is 0 Å². The van der Waals surface area contributed by atoms with Gasteiger partial charge >= 0.3 is 5.97 Å². The van der Waals surface area contributed by atoms with E-state index in [2.05, 4.69) is 0 Å². The molecule has 0 aromatic heterocycles. The van der Waals surface area contributed by atoms with Gasteiger partial charge < -0.3 is 14.6 Å². The molecule has 1 aromatic carbocycles. The molecule has 1 atom stereocenters. The molecule has 5 heteroatoms. The summed E-state index contributed by atoms with van der Waals surface area (Å²) in [6.45, 7) is 0.174. The van der Waals surface area contributed by atoms with Gasteiger partial charge in [-0.05, 0) is 24.8 Å². The SMILES string of the molecule is O=C(O)CC(c1cc(Cl)cc2c1OCO2)C1CC1. The normalized spacial score (nSPS) is 18.7. The molecule has 1 aliphatic heterocycles. The molecule has 1 aromatic rings. The Hall–Kier alpha value is -1.42. The maximum Gasteiger partial charge on any atom is 0.303 e. The Balaban J connectivity index is 2.00. The maximum absolute atomic E-state index is 11.0. The number of fused-ring (bicyclic) bond motifs is 1. The second-order valence-electron chi connectivity index (χ2n) is 4.77. The summed E-state index contributed by atoms with van der Waals surface area (Å²) in [5, 5.41) is 9.60. The molecule has 0 saturated heterocycles. The average molecular weight is 269 g/mol. The standard InChI is InChI=1S/C13H13ClO4/c14-8-3-10(13-11(4-8)17-6-18-13)9(5-12(15)16)7-1-2-7/h3-4,7,9H,1-2,5-6H2,(H,15,16). The highest BCUT2D eigenvalue weighted by Crippen LogP contribution is 2.50. The summed E-state index contributed by atoms with van der Waals surface area (Å²) in [5.41, 5.74) is 0.875. The van der Waals surface area contributed by atoms with E-state index in [-0.39, 0.29) is 19.1 Å². The van der Waals surface area contributed by atoms with E-state index < -0.39 is 5.97 Å². The molecule has 0 spiro atoms. The number of halogens is 1. The Labute approximate surface area is 109 Å². The van der Waals surface area contributed by atoms with Crippen molar-refractivity contribution in [3.8, 4) is 11.5 Å². The summed E-state index contributed by atoms with van der Waals surface area (Å²) in [6, 6.07) is 3.51. The van der Waals surface area contributed by atoms with Gasteiger partial charge in [0.25, 0.3) is 0 Å². The molecule has 0 radical (unpaired) electrons. The quantitative estimate of drug-likeness (QED) is 0.912. The molecule has 1 unspecified atom stereocenters. The zero-order chi connectivity index (χ0) is 12.7. The van der Waals surface area contributed by atoms with E-state index in [0.717, 1.165) is 18.4 Å². The summed E-state index contributed by atoms with van der Waals surface area (Å²) in [4.78, 5) is 11.0. The average Bonchev–Trinajstić information content (AvgIpc) is 3.04. The van der Waals surface area contributed by atoms with Crippen LogP contribution in [0.4, 0.5) is 0 Å². The van der Waals surface area contributed by atoms with Crippen molar-refractivity contribution in [1.82, 2.24) is 0 Å². The fourth-order valence-electron chi connectivity index (χ4n) is 2.50. The van der Waals surface area contributed by atoms with Crippen molar-refractivity contribution in [3.63, 3.8) is 0 Å². The lowest BCUT2D eigenvalue weighted by Crippen LogP contribution is -2.09. The van der Waals surface area contributed by atoms with Crippen LogP contribution in [0.5, 0.6) is 11.5 Å². The largest absolute Gasteiger partial charge is 0.481 e. The number of ether oxygens (including phenoxy) is 2. The molecule has 1 heterocycles. The molecular weight excluding hydrogens is 256 g/mol. The summed E-state index contributed by atoms with van der Waals surface area (Å²) >= 11 is 6.05. The van der Waals surface area contributed by atoms with Gasteiger partial charge in [0, 0.05) is 22.6 Å². The van der Waals surface area contributed by atoms with E-state index in [0.29, 0.717) is 22.4 Å². The van der Waals surface area contributed by atoms with Crippen LogP contribution in [-0.4, -0.2) is 17.9 Å². The third-order valence-corrected chi connectivity index (χ3v) is 3.67.